The second-order valence-electron chi connectivity index (χ2n) is 5.64. The van der Waals surface area contributed by atoms with Gasteiger partial charge in [-0.25, -0.2) is 9.67 Å². The molecule has 3 rings (SSSR count). The van der Waals surface area contributed by atoms with E-state index in [9.17, 15) is 0 Å². The third-order valence-corrected chi connectivity index (χ3v) is 3.72. The van der Waals surface area contributed by atoms with Crippen LogP contribution >= 0.6 is 0 Å². The van der Waals surface area contributed by atoms with Crippen molar-refractivity contribution < 1.29 is 0 Å². The standard InChI is InChI=1S/C17H23N5/c1-2-18-17(19-12-14-4-5-14)20-13-15-6-8-16(9-7-15)22-11-3-10-21-22/h3,6-11,14H,2,4-5,12-13H2,1H3,(H2,18,19,20). The van der Waals surface area contributed by atoms with Crippen LogP contribution in [0, 0.1) is 5.92 Å². The molecule has 1 fully saturated rings. The van der Waals surface area contributed by atoms with Crippen molar-refractivity contribution in [3.63, 3.8) is 0 Å². The number of nitrogens with zero attached hydrogens (tertiary/aromatic N) is 3. The van der Waals surface area contributed by atoms with Gasteiger partial charge in [-0.15, -0.1) is 0 Å². The van der Waals surface area contributed by atoms with Crippen molar-refractivity contribution >= 4 is 5.96 Å². The SMILES string of the molecule is CCNC(=NCc1ccc(-n2cccn2)cc1)NCC1CC1. The maximum absolute atomic E-state index is 4.65. The van der Waals surface area contributed by atoms with Crippen molar-refractivity contribution in [3.8, 4) is 5.69 Å². The molecule has 116 valence electrons. The summed E-state index contributed by atoms with van der Waals surface area (Å²) in [6, 6.07) is 10.3. The van der Waals surface area contributed by atoms with E-state index >= 15 is 0 Å². The van der Waals surface area contributed by atoms with E-state index in [1.54, 1.807) is 6.20 Å². The Kier molecular flexibility index (Phi) is 4.73. The molecule has 1 heterocycles. The smallest absolute Gasteiger partial charge is 0.191 e. The van der Waals surface area contributed by atoms with E-state index in [1.807, 2.05) is 16.9 Å². The van der Waals surface area contributed by atoms with E-state index in [-0.39, 0.29) is 0 Å². The number of hydrogen-bond acceptors (Lipinski definition) is 2. The van der Waals surface area contributed by atoms with Crippen LogP contribution in [0.15, 0.2) is 47.7 Å². The first-order valence-corrected chi connectivity index (χ1v) is 7.96. The molecule has 1 aliphatic carbocycles. The normalized spacial score (nSPS) is 14.9. The van der Waals surface area contributed by atoms with Crippen molar-refractivity contribution in [1.82, 2.24) is 20.4 Å². The van der Waals surface area contributed by atoms with E-state index in [0.29, 0.717) is 6.54 Å². The van der Waals surface area contributed by atoms with Gasteiger partial charge in [-0.3, -0.25) is 0 Å². The molecule has 0 amide bonds. The van der Waals surface area contributed by atoms with Gasteiger partial charge in [0.25, 0.3) is 0 Å². The molecule has 0 saturated heterocycles. The van der Waals surface area contributed by atoms with Crippen LogP contribution in [0.1, 0.15) is 25.3 Å². The Hall–Kier alpha value is -2.30. The monoisotopic (exact) mass is 297 g/mol. The maximum atomic E-state index is 4.65. The first-order chi connectivity index (χ1) is 10.8. The zero-order chi connectivity index (χ0) is 15.2. The summed E-state index contributed by atoms with van der Waals surface area (Å²) in [5.74, 6) is 1.75. The van der Waals surface area contributed by atoms with Crippen molar-refractivity contribution in [2.75, 3.05) is 13.1 Å². The average Bonchev–Trinajstić information content (AvgIpc) is 3.22. The minimum atomic E-state index is 0.680. The summed E-state index contributed by atoms with van der Waals surface area (Å²) in [5, 5.41) is 10.9. The maximum Gasteiger partial charge on any atom is 0.191 e. The topological polar surface area (TPSA) is 54.2 Å². The van der Waals surface area contributed by atoms with Crippen molar-refractivity contribution in [1.29, 1.82) is 0 Å². The second kappa shape index (κ2) is 7.11. The molecule has 2 aromatic rings. The highest BCUT2D eigenvalue weighted by atomic mass is 15.3. The lowest BCUT2D eigenvalue weighted by Gasteiger charge is -2.10. The molecule has 1 saturated carbocycles. The average molecular weight is 297 g/mol. The van der Waals surface area contributed by atoms with Crippen LogP contribution in [-0.4, -0.2) is 28.8 Å². The lowest BCUT2D eigenvalue weighted by Crippen LogP contribution is -2.38. The third kappa shape index (κ3) is 4.10. The molecule has 1 aliphatic rings. The Balaban J connectivity index is 1.59. The van der Waals surface area contributed by atoms with Crippen LogP contribution in [0.2, 0.25) is 0 Å². The molecule has 5 nitrogen and oxygen atoms in total. The molecule has 0 radical (unpaired) electrons. The van der Waals surface area contributed by atoms with Gasteiger partial charge in [0.1, 0.15) is 0 Å². The van der Waals surface area contributed by atoms with Crippen LogP contribution in [0.5, 0.6) is 0 Å². The summed E-state index contributed by atoms with van der Waals surface area (Å²) in [5.41, 5.74) is 2.26. The predicted octanol–water partition coefficient (Wildman–Crippen LogP) is 2.34. The van der Waals surface area contributed by atoms with E-state index in [2.05, 4.69) is 51.9 Å². The van der Waals surface area contributed by atoms with Gasteiger partial charge < -0.3 is 10.6 Å². The molecule has 0 bridgehead atoms. The van der Waals surface area contributed by atoms with Gasteiger partial charge >= 0.3 is 0 Å². The molecule has 2 N–H and O–H groups in total. The number of nitrogens with one attached hydrogen (secondary N) is 2. The number of hydrogen-bond donors (Lipinski definition) is 2. The number of rotatable bonds is 6. The van der Waals surface area contributed by atoms with Crippen LogP contribution < -0.4 is 10.6 Å². The van der Waals surface area contributed by atoms with Gasteiger partial charge in [-0.05, 0) is 49.4 Å². The van der Waals surface area contributed by atoms with E-state index in [0.717, 1.165) is 30.7 Å². The van der Waals surface area contributed by atoms with E-state index in [4.69, 9.17) is 0 Å². The quantitative estimate of drug-likeness (QED) is 0.635. The highest BCUT2D eigenvalue weighted by Crippen LogP contribution is 2.27. The first kappa shape index (κ1) is 14.6. The fourth-order valence-corrected chi connectivity index (χ4v) is 2.25. The fourth-order valence-electron chi connectivity index (χ4n) is 2.25. The lowest BCUT2D eigenvalue weighted by molar-refractivity contribution is 0.739. The van der Waals surface area contributed by atoms with Gasteiger partial charge in [-0.1, -0.05) is 12.1 Å². The van der Waals surface area contributed by atoms with Gasteiger partial charge in [0.15, 0.2) is 5.96 Å². The number of aromatic nitrogens is 2. The summed E-state index contributed by atoms with van der Waals surface area (Å²) in [6.07, 6.45) is 6.42. The third-order valence-electron chi connectivity index (χ3n) is 3.72. The van der Waals surface area contributed by atoms with Crippen LogP contribution in [0.25, 0.3) is 5.69 Å². The Bertz CT molecular complexity index is 596. The van der Waals surface area contributed by atoms with Crippen molar-refractivity contribution in [3.05, 3.63) is 48.3 Å². The number of aliphatic imine (C=N–C) groups is 1. The highest BCUT2D eigenvalue weighted by molar-refractivity contribution is 5.79. The van der Waals surface area contributed by atoms with Gasteiger partial charge in [0.05, 0.1) is 12.2 Å². The summed E-state index contributed by atoms with van der Waals surface area (Å²) >= 11 is 0. The van der Waals surface area contributed by atoms with Gasteiger partial charge in [0.2, 0.25) is 0 Å². The Labute approximate surface area is 131 Å². The Morgan fingerprint density at radius 1 is 1.27 bits per heavy atom. The molecule has 0 atom stereocenters. The molecule has 5 heteroatoms. The molecule has 1 aromatic heterocycles. The van der Waals surface area contributed by atoms with Crippen molar-refractivity contribution in [2.45, 2.75) is 26.3 Å². The van der Waals surface area contributed by atoms with E-state index in [1.165, 1.54) is 18.4 Å². The zero-order valence-corrected chi connectivity index (χ0v) is 13.0. The second-order valence-corrected chi connectivity index (χ2v) is 5.64. The minimum absolute atomic E-state index is 0.680. The molecular formula is C17H23N5. The summed E-state index contributed by atoms with van der Waals surface area (Å²) in [7, 11) is 0. The van der Waals surface area contributed by atoms with Crippen molar-refractivity contribution in [2.24, 2.45) is 10.9 Å². The number of benzene rings is 1. The van der Waals surface area contributed by atoms with Crippen LogP contribution in [0.4, 0.5) is 0 Å². The summed E-state index contributed by atoms with van der Waals surface area (Å²) in [4.78, 5) is 4.65. The first-order valence-electron chi connectivity index (χ1n) is 7.96. The molecule has 0 aliphatic heterocycles. The lowest BCUT2D eigenvalue weighted by atomic mass is 10.2. The predicted molar refractivity (Wildman–Crippen MR) is 89.1 cm³/mol. The Morgan fingerprint density at radius 2 is 2.09 bits per heavy atom. The zero-order valence-electron chi connectivity index (χ0n) is 13.0. The van der Waals surface area contributed by atoms with E-state index < -0.39 is 0 Å². The van der Waals surface area contributed by atoms with Gasteiger partial charge in [-0.2, -0.15) is 5.10 Å². The van der Waals surface area contributed by atoms with Crippen LogP contribution in [-0.2, 0) is 6.54 Å². The van der Waals surface area contributed by atoms with Gasteiger partial charge in [0, 0.05) is 25.5 Å². The number of guanidine groups is 1. The molecule has 0 spiro atoms. The Morgan fingerprint density at radius 3 is 2.73 bits per heavy atom. The minimum Gasteiger partial charge on any atom is -0.357 e. The molecule has 1 aromatic carbocycles. The largest absolute Gasteiger partial charge is 0.357 e. The molecule has 22 heavy (non-hydrogen) atoms. The highest BCUT2D eigenvalue weighted by Gasteiger charge is 2.20. The molecular weight excluding hydrogens is 274 g/mol. The molecule has 0 unspecified atom stereocenters. The fraction of sp³-hybridized carbons (Fsp3) is 0.412. The van der Waals surface area contributed by atoms with Crippen LogP contribution in [0.3, 0.4) is 0 Å². The summed E-state index contributed by atoms with van der Waals surface area (Å²) in [6.45, 7) is 4.69. The summed E-state index contributed by atoms with van der Waals surface area (Å²) < 4.78 is 1.86.